The minimum absolute atomic E-state index is 0.115. The maximum atomic E-state index is 14.5. The average Bonchev–Trinajstić information content (AvgIpc) is 3.43. The summed E-state index contributed by atoms with van der Waals surface area (Å²) in [4.78, 5) is 43.8. The Morgan fingerprint density at radius 3 is 2.34 bits per heavy atom. The van der Waals surface area contributed by atoms with Crippen LogP contribution in [0.2, 0.25) is 0 Å². The van der Waals surface area contributed by atoms with Crippen LogP contribution in [0.25, 0.3) is 0 Å². The lowest BCUT2D eigenvalue weighted by atomic mass is 9.32. The fourth-order valence-electron chi connectivity index (χ4n) is 13.4. The van der Waals surface area contributed by atoms with Crippen molar-refractivity contribution in [1.82, 2.24) is 10.3 Å². The number of carboxylic acids is 1. The first-order valence-corrected chi connectivity index (χ1v) is 19.5. The van der Waals surface area contributed by atoms with E-state index in [9.17, 15) is 19.5 Å². The lowest BCUT2D eigenvalue weighted by Crippen LogP contribution is -2.67. The molecule has 0 aromatic carbocycles. The molecule has 2 N–H and O–H groups in total. The Bertz CT molecular complexity index is 1550. The predicted octanol–water partition coefficient (Wildman–Crippen LogP) is 9.08. The monoisotopic (exact) mass is 688 g/mol. The second-order valence-electron chi connectivity index (χ2n) is 19.6. The number of carbonyl (C=O) groups is 3. The molecule has 6 rings (SSSR count). The van der Waals surface area contributed by atoms with Crippen LogP contribution >= 0.6 is 0 Å². The Morgan fingerprint density at radius 2 is 1.68 bits per heavy atom. The van der Waals surface area contributed by atoms with Crippen molar-refractivity contribution in [2.75, 3.05) is 0 Å². The topological polar surface area (TPSA) is 106 Å². The van der Waals surface area contributed by atoms with E-state index in [1.165, 1.54) is 12.0 Å². The van der Waals surface area contributed by atoms with Gasteiger partial charge in [-0.05, 0) is 155 Å². The number of aromatic nitrogens is 1. The first-order valence-electron chi connectivity index (χ1n) is 19.5. The van der Waals surface area contributed by atoms with Crippen LogP contribution in [0.15, 0.2) is 30.5 Å². The highest BCUT2D eigenvalue weighted by Gasteiger charge is 2.72. The molecule has 1 amide bonds. The summed E-state index contributed by atoms with van der Waals surface area (Å²) in [5.41, 5.74) is 1.96. The fourth-order valence-corrected chi connectivity index (χ4v) is 13.4. The summed E-state index contributed by atoms with van der Waals surface area (Å²) in [6.45, 7) is 24.8. The highest BCUT2D eigenvalue weighted by atomic mass is 16.5. The van der Waals surface area contributed by atoms with E-state index in [1.807, 2.05) is 12.3 Å². The van der Waals surface area contributed by atoms with Gasteiger partial charge in [-0.15, -0.1) is 0 Å². The van der Waals surface area contributed by atoms with Crippen LogP contribution in [-0.4, -0.2) is 34.0 Å². The normalized spacial score (nSPS) is 40.3. The molecular weight excluding hydrogens is 624 g/mol. The number of amides is 1. The highest BCUT2D eigenvalue weighted by molar-refractivity contribution is 5.84. The van der Waals surface area contributed by atoms with Gasteiger partial charge in [0.25, 0.3) is 0 Å². The molecule has 276 valence electrons. The molecule has 0 aliphatic heterocycles. The molecule has 1 aromatic heterocycles. The molecule has 1 aromatic rings. The number of hydrogen-bond acceptors (Lipinski definition) is 5. The Hall–Kier alpha value is -2.70. The van der Waals surface area contributed by atoms with E-state index in [0.717, 1.165) is 69.0 Å². The number of nitrogens with zero attached hydrogens (tertiary/aromatic N) is 1. The van der Waals surface area contributed by atoms with Crippen molar-refractivity contribution in [1.29, 1.82) is 0 Å². The molecule has 7 heteroatoms. The molecule has 50 heavy (non-hydrogen) atoms. The van der Waals surface area contributed by atoms with Gasteiger partial charge < -0.3 is 15.2 Å². The van der Waals surface area contributed by atoms with Gasteiger partial charge in [-0.25, -0.2) is 0 Å². The quantitative estimate of drug-likeness (QED) is 0.209. The van der Waals surface area contributed by atoms with Crippen LogP contribution in [-0.2, 0) is 25.7 Å². The third kappa shape index (κ3) is 5.57. The molecule has 5 saturated carbocycles. The Labute approximate surface area is 301 Å². The predicted molar refractivity (Wildman–Crippen MR) is 196 cm³/mol. The van der Waals surface area contributed by atoms with Crippen molar-refractivity contribution in [2.24, 2.45) is 62.1 Å². The van der Waals surface area contributed by atoms with Crippen LogP contribution in [0.1, 0.15) is 137 Å². The first kappa shape index (κ1) is 37.1. The number of carbonyl (C=O) groups excluding carboxylic acids is 2. The number of ether oxygens (including phenoxy) is 1. The summed E-state index contributed by atoms with van der Waals surface area (Å²) in [6, 6.07) is 4.06. The molecular formula is C43H64N2O5. The van der Waals surface area contributed by atoms with Crippen LogP contribution in [0.5, 0.6) is 0 Å². The maximum absolute atomic E-state index is 14.5. The standard InChI is InChI=1S/C43H64N2O5/c1-26(2)29-13-19-43(36(47)45-25-28-23-27(3)16-22-44-28)21-20-41(9)30(35(29)43)11-12-32-40(8)17-15-33(50-34(46)24-38(4,5)37(48)49)39(6,7)31(40)14-18-42(32,41)10/h16,22-23,29-33,35H,1,11-15,17-21,24-25H2,2-10H3,(H,45,47)(H,48,49)/t29-,30+,31-,32+,33-,35+,40-,41+,42+,43-/m0/s1. The Kier molecular flexibility index (Phi) is 9.24. The number of rotatable bonds is 8. The van der Waals surface area contributed by atoms with Gasteiger partial charge in [-0.1, -0.05) is 46.8 Å². The zero-order valence-corrected chi connectivity index (χ0v) is 32.4. The first-order chi connectivity index (χ1) is 23.2. The summed E-state index contributed by atoms with van der Waals surface area (Å²) in [5.74, 6) is 0.933. The van der Waals surface area contributed by atoms with Crippen LogP contribution in [0, 0.1) is 69.0 Å². The van der Waals surface area contributed by atoms with Crippen molar-refractivity contribution in [3.05, 3.63) is 41.7 Å². The van der Waals surface area contributed by atoms with Crippen LogP contribution < -0.4 is 5.32 Å². The molecule has 1 heterocycles. The molecule has 0 radical (unpaired) electrons. The molecule has 5 aliphatic carbocycles. The van der Waals surface area contributed by atoms with Gasteiger partial charge >= 0.3 is 11.9 Å². The van der Waals surface area contributed by atoms with Crippen molar-refractivity contribution in [3.8, 4) is 0 Å². The minimum Gasteiger partial charge on any atom is -0.481 e. The molecule has 7 nitrogen and oxygen atoms in total. The van der Waals surface area contributed by atoms with Crippen LogP contribution in [0.3, 0.4) is 0 Å². The van der Waals surface area contributed by atoms with E-state index in [1.54, 1.807) is 13.8 Å². The number of fused-ring (bicyclic) bond motifs is 7. The van der Waals surface area contributed by atoms with Gasteiger partial charge in [0.05, 0.1) is 29.5 Å². The van der Waals surface area contributed by atoms with Gasteiger partial charge in [-0.3, -0.25) is 19.4 Å². The van der Waals surface area contributed by atoms with Gasteiger partial charge in [0, 0.05) is 11.6 Å². The largest absolute Gasteiger partial charge is 0.481 e. The SMILES string of the molecule is C=C(C)[C@@H]1CC[C@]2(C(=O)NCc3cc(C)ccn3)CC[C@]3(C)[C@H](CC[C@@H]4[C@@]5(C)CC[C@H](OC(=O)CC(C)(C)C(=O)O)C(C)(C)[C@@H]5CC[C@]43C)[C@@H]12. The Balaban J connectivity index is 1.25. The number of allylic oxidation sites excluding steroid dienone is 1. The second kappa shape index (κ2) is 12.5. The number of hydrogen-bond donors (Lipinski definition) is 2. The minimum atomic E-state index is -1.15. The molecule has 0 spiro atoms. The number of aryl methyl sites for hydroxylation is 1. The van der Waals surface area contributed by atoms with E-state index in [2.05, 4.69) is 71.4 Å². The molecule has 0 bridgehead atoms. The van der Waals surface area contributed by atoms with Gasteiger partial charge in [0.2, 0.25) is 5.91 Å². The average molecular weight is 689 g/mol. The van der Waals surface area contributed by atoms with Crippen molar-refractivity contribution in [3.63, 3.8) is 0 Å². The smallest absolute Gasteiger partial charge is 0.309 e. The molecule has 0 unspecified atom stereocenters. The molecule has 5 aliphatic rings. The molecule has 5 fully saturated rings. The third-order valence-electron chi connectivity index (χ3n) is 16.3. The summed E-state index contributed by atoms with van der Waals surface area (Å²) in [5, 5.41) is 13.0. The summed E-state index contributed by atoms with van der Waals surface area (Å²) in [6.07, 6.45) is 11.9. The van der Waals surface area contributed by atoms with E-state index < -0.39 is 17.4 Å². The number of pyridine rings is 1. The molecule has 10 atom stereocenters. The summed E-state index contributed by atoms with van der Waals surface area (Å²) < 4.78 is 6.17. The number of esters is 1. The summed E-state index contributed by atoms with van der Waals surface area (Å²) >= 11 is 0. The van der Waals surface area contributed by atoms with Gasteiger partial charge in [0.1, 0.15) is 6.10 Å². The lowest BCUT2D eigenvalue weighted by Gasteiger charge is -2.72. The summed E-state index contributed by atoms with van der Waals surface area (Å²) in [7, 11) is 0. The van der Waals surface area contributed by atoms with E-state index >= 15 is 0 Å². The fraction of sp³-hybridized carbons (Fsp3) is 0.767. The van der Waals surface area contributed by atoms with E-state index in [0.29, 0.717) is 36.1 Å². The van der Waals surface area contributed by atoms with Crippen LogP contribution in [0.4, 0.5) is 0 Å². The van der Waals surface area contributed by atoms with Gasteiger partial charge in [-0.2, -0.15) is 0 Å². The zero-order valence-electron chi connectivity index (χ0n) is 32.4. The van der Waals surface area contributed by atoms with E-state index in [-0.39, 0.29) is 45.5 Å². The van der Waals surface area contributed by atoms with E-state index in [4.69, 9.17) is 4.74 Å². The second-order valence-corrected chi connectivity index (χ2v) is 19.6. The molecule has 0 saturated heterocycles. The number of aliphatic carboxylic acids is 1. The number of carboxylic acid groups (broad SMARTS) is 1. The third-order valence-corrected chi connectivity index (χ3v) is 16.3. The van der Waals surface area contributed by atoms with Crippen molar-refractivity contribution < 1.29 is 24.2 Å². The highest BCUT2D eigenvalue weighted by Crippen LogP contribution is 2.77. The Morgan fingerprint density at radius 1 is 0.960 bits per heavy atom. The van der Waals surface area contributed by atoms with Gasteiger partial charge in [0.15, 0.2) is 0 Å². The van der Waals surface area contributed by atoms with Crippen molar-refractivity contribution >= 4 is 17.8 Å². The van der Waals surface area contributed by atoms with Crippen molar-refractivity contribution in [2.45, 2.75) is 146 Å². The zero-order chi connectivity index (χ0) is 36.7. The number of nitrogens with one attached hydrogen (secondary N) is 1. The lowest BCUT2D eigenvalue weighted by molar-refractivity contribution is -0.249. The maximum Gasteiger partial charge on any atom is 0.309 e.